The Hall–Kier alpha value is -1.84. The highest BCUT2D eigenvalue weighted by molar-refractivity contribution is 5.96. The molecule has 2 rings (SSSR count). The third kappa shape index (κ3) is 3.83. The van der Waals surface area contributed by atoms with Crippen LogP contribution in [0.15, 0.2) is 24.3 Å². The molecule has 2 amide bonds. The molecule has 1 fully saturated rings. The van der Waals surface area contributed by atoms with Crippen molar-refractivity contribution in [2.24, 2.45) is 5.92 Å². The van der Waals surface area contributed by atoms with Crippen molar-refractivity contribution >= 4 is 23.2 Å². The molecular formula is C16H22N2O2. The topological polar surface area (TPSA) is 49.4 Å². The van der Waals surface area contributed by atoms with Crippen molar-refractivity contribution in [1.82, 2.24) is 0 Å². The first-order valence-corrected chi connectivity index (χ1v) is 7.26. The fraction of sp³-hybridized carbons (Fsp3) is 0.500. The average molecular weight is 274 g/mol. The summed E-state index contributed by atoms with van der Waals surface area (Å²) in [5, 5.41) is 2.88. The van der Waals surface area contributed by atoms with Crippen LogP contribution in [0.25, 0.3) is 0 Å². The molecule has 108 valence electrons. The minimum atomic E-state index is 0.0451. The summed E-state index contributed by atoms with van der Waals surface area (Å²) in [5.74, 6) is 0.756. The Kier molecular flexibility index (Phi) is 4.77. The van der Waals surface area contributed by atoms with Gasteiger partial charge in [-0.25, -0.2) is 0 Å². The van der Waals surface area contributed by atoms with E-state index < -0.39 is 0 Å². The zero-order chi connectivity index (χ0) is 14.5. The van der Waals surface area contributed by atoms with E-state index >= 15 is 0 Å². The number of nitrogens with zero attached hydrogens (tertiary/aromatic N) is 1. The molecule has 0 atom stereocenters. The minimum Gasteiger partial charge on any atom is -0.326 e. The molecule has 1 heterocycles. The number of carbonyl (C=O) groups excluding carboxylic acids is 2. The predicted octanol–water partition coefficient (Wildman–Crippen LogP) is 3.19. The van der Waals surface area contributed by atoms with E-state index in [9.17, 15) is 9.59 Å². The third-order valence-corrected chi connectivity index (χ3v) is 3.48. The maximum absolute atomic E-state index is 11.7. The Labute approximate surface area is 120 Å². The van der Waals surface area contributed by atoms with Crippen molar-refractivity contribution in [3.05, 3.63) is 24.3 Å². The average Bonchev–Trinajstić information content (AvgIpc) is 2.84. The van der Waals surface area contributed by atoms with E-state index in [0.717, 1.165) is 30.8 Å². The lowest BCUT2D eigenvalue weighted by Gasteiger charge is -2.16. The van der Waals surface area contributed by atoms with Crippen molar-refractivity contribution in [2.45, 2.75) is 39.5 Å². The molecule has 1 aliphatic heterocycles. The second kappa shape index (κ2) is 6.55. The van der Waals surface area contributed by atoms with Crippen LogP contribution in [0.5, 0.6) is 0 Å². The minimum absolute atomic E-state index is 0.0451. The van der Waals surface area contributed by atoms with Gasteiger partial charge in [-0.05, 0) is 43.0 Å². The molecule has 1 saturated heterocycles. The summed E-state index contributed by atoms with van der Waals surface area (Å²) in [4.78, 5) is 25.2. The van der Waals surface area contributed by atoms with E-state index in [1.807, 2.05) is 24.3 Å². The summed E-state index contributed by atoms with van der Waals surface area (Å²) in [6.07, 6.45) is 3.00. The number of benzene rings is 1. The van der Waals surface area contributed by atoms with Gasteiger partial charge in [0.15, 0.2) is 0 Å². The van der Waals surface area contributed by atoms with Gasteiger partial charge in [0.25, 0.3) is 0 Å². The molecule has 1 aromatic carbocycles. The van der Waals surface area contributed by atoms with E-state index in [4.69, 9.17) is 0 Å². The molecular weight excluding hydrogens is 252 g/mol. The fourth-order valence-corrected chi connectivity index (χ4v) is 2.29. The number of anilines is 2. The van der Waals surface area contributed by atoms with Gasteiger partial charge in [0, 0.05) is 30.8 Å². The Morgan fingerprint density at radius 1 is 1.30 bits per heavy atom. The number of nitrogens with one attached hydrogen (secondary N) is 1. The molecule has 0 aliphatic carbocycles. The molecule has 0 unspecified atom stereocenters. The highest BCUT2D eigenvalue weighted by atomic mass is 16.2. The monoisotopic (exact) mass is 274 g/mol. The Bertz CT molecular complexity index is 480. The summed E-state index contributed by atoms with van der Waals surface area (Å²) in [6, 6.07) is 7.49. The molecule has 0 bridgehead atoms. The van der Waals surface area contributed by atoms with Gasteiger partial charge in [0.2, 0.25) is 11.8 Å². The van der Waals surface area contributed by atoms with Gasteiger partial charge >= 0.3 is 0 Å². The second-order valence-corrected chi connectivity index (χ2v) is 5.68. The SMILES string of the molecule is CC(C)CCC(=O)Nc1ccc(N2CCCC2=O)cc1. The van der Waals surface area contributed by atoms with Crippen molar-refractivity contribution in [2.75, 3.05) is 16.8 Å². The first-order chi connectivity index (χ1) is 9.56. The van der Waals surface area contributed by atoms with E-state index in [-0.39, 0.29) is 11.8 Å². The van der Waals surface area contributed by atoms with Crippen molar-refractivity contribution in [3.63, 3.8) is 0 Å². The maximum Gasteiger partial charge on any atom is 0.227 e. The van der Waals surface area contributed by atoms with Crippen LogP contribution < -0.4 is 10.2 Å². The largest absolute Gasteiger partial charge is 0.326 e. The van der Waals surface area contributed by atoms with Crippen molar-refractivity contribution in [1.29, 1.82) is 0 Å². The first kappa shape index (κ1) is 14.6. The van der Waals surface area contributed by atoms with E-state index in [2.05, 4.69) is 19.2 Å². The molecule has 0 radical (unpaired) electrons. The standard InChI is InChI=1S/C16H22N2O2/c1-12(2)5-10-15(19)17-13-6-8-14(9-7-13)18-11-3-4-16(18)20/h6-9,12H,3-5,10-11H2,1-2H3,(H,17,19). The highest BCUT2D eigenvalue weighted by Crippen LogP contribution is 2.23. The van der Waals surface area contributed by atoms with Crippen molar-refractivity contribution < 1.29 is 9.59 Å². The maximum atomic E-state index is 11.7. The molecule has 0 aromatic heterocycles. The summed E-state index contributed by atoms with van der Waals surface area (Å²) in [7, 11) is 0. The van der Waals surface area contributed by atoms with Gasteiger partial charge in [0.05, 0.1) is 0 Å². The second-order valence-electron chi connectivity index (χ2n) is 5.68. The van der Waals surface area contributed by atoms with Crippen LogP contribution in [0.1, 0.15) is 39.5 Å². The fourth-order valence-electron chi connectivity index (χ4n) is 2.29. The molecule has 0 spiro atoms. The van der Waals surface area contributed by atoms with Gasteiger partial charge in [-0.1, -0.05) is 13.8 Å². The van der Waals surface area contributed by atoms with Crippen LogP contribution in [0.3, 0.4) is 0 Å². The lowest BCUT2D eigenvalue weighted by molar-refractivity contribution is -0.117. The Balaban J connectivity index is 1.91. The van der Waals surface area contributed by atoms with E-state index in [0.29, 0.717) is 18.8 Å². The van der Waals surface area contributed by atoms with Gasteiger partial charge < -0.3 is 10.2 Å². The van der Waals surface area contributed by atoms with Crippen molar-refractivity contribution in [3.8, 4) is 0 Å². The van der Waals surface area contributed by atoms with Gasteiger partial charge in [-0.3, -0.25) is 9.59 Å². The summed E-state index contributed by atoms with van der Waals surface area (Å²) < 4.78 is 0. The van der Waals surface area contributed by atoms with Crippen LogP contribution in [0, 0.1) is 5.92 Å². The molecule has 1 aromatic rings. The zero-order valence-electron chi connectivity index (χ0n) is 12.2. The van der Waals surface area contributed by atoms with Crippen LogP contribution in [0.4, 0.5) is 11.4 Å². The molecule has 20 heavy (non-hydrogen) atoms. The summed E-state index contributed by atoms with van der Waals surface area (Å²) in [5.41, 5.74) is 1.70. The first-order valence-electron chi connectivity index (χ1n) is 7.26. The molecule has 4 nitrogen and oxygen atoms in total. The summed E-state index contributed by atoms with van der Waals surface area (Å²) in [6.45, 7) is 5.00. The third-order valence-electron chi connectivity index (χ3n) is 3.48. The number of rotatable bonds is 5. The van der Waals surface area contributed by atoms with Crippen LogP contribution in [-0.4, -0.2) is 18.4 Å². The number of hydrogen-bond acceptors (Lipinski definition) is 2. The lowest BCUT2D eigenvalue weighted by atomic mass is 10.1. The van der Waals surface area contributed by atoms with Crippen LogP contribution in [0.2, 0.25) is 0 Å². The quantitative estimate of drug-likeness (QED) is 0.896. The smallest absolute Gasteiger partial charge is 0.227 e. The van der Waals surface area contributed by atoms with E-state index in [1.165, 1.54) is 0 Å². The lowest BCUT2D eigenvalue weighted by Crippen LogP contribution is -2.23. The number of amides is 2. The molecule has 4 heteroatoms. The normalized spacial score (nSPS) is 14.9. The van der Waals surface area contributed by atoms with Crippen LogP contribution >= 0.6 is 0 Å². The molecule has 1 N–H and O–H groups in total. The van der Waals surface area contributed by atoms with Gasteiger partial charge in [-0.15, -0.1) is 0 Å². The summed E-state index contributed by atoms with van der Waals surface area (Å²) >= 11 is 0. The Morgan fingerprint density at radius 3 is 2.55 bits per heavy atom. The Morgan fingerprint density at radius 2 is 2.00 bits per heavy atom. The highest BCUT2D eigenvalue weighted by Gasteiger charge is 2.21. The number of hydrogen-bond donors (Lipinski definition) is 1. The predicted molar refractivity (Wildman–Crippen MR) is 80.7 cm³/mol. The molecule has 1 aliphatic rings. The molecule has 0 saturated carbocycles. The van der Waals surface area contributed by atoms with Gasteiger partial charge in [0.1, 0.15) is 0 Å². The zero-order valence-corrected chi connectivity index (χ0v) is 12.2. The number of carbonyl (C=O) groups is 2. The van der Waals surface area contributed by atoms with Gasteiger partial charge in [-0.2, -0.15) is 0 Å². The van der Waals surface area contributed by atoms with Crippen LogP contribution in [-0.2, 0) is 9.59 Å². The van der Waals surface area contributed by atoms with E-state index in [1.54, 1.807) is 4.90 Å².